The van der Waals surface area contributed by atoms with Crippen LogP contribution in [0.4, 0.5) is 4.39 Å². The number of rotatable bonds is 3. The van der Waals surface area contributed by atoms with Crippen molar-refractivity contribution < 1.29 is 13.9 Å². The van der Waals surface area contributed by atoms with E-state index in [-0.39, 0.29) is 17.8 Å². The summed E-state index contributed by atoms with van der Waals surface area (Å²) >= 11 is 0. The number of hydrogen-bond acceptors (Lipinski definition) is 3. The summed E-state index contributed by atoms with van der Waals surface area (Å²) in [6, 6.07) is 6.59. The van der Waals surface area contributed by atoms with Crippen LogP contribution in [0.3, 0.4) is 0 Å². The molecule has 2 N–H and O–H groups in total. The van der Waals surface area contributed by atoms with Crippen molar-refractivity contribution in [3.05, 3.63) is 35.6 Å². The van der Waals surface area contributed by atoms with Crippen molar-refractivity contribution in [3.8, 4) is 0 Å². The van der Waals surface area contributed by atoms with E-state index in [0.29, 0.717) is 26.1 Å². The number of amides is 1. The first-order valence-corrected chi connectivity index (χ1v) is 7.56. The van der Waals surface area contributed by atoms with Gasteiger partial charge in [0, 0.05) is 25.8 Å². The van der Waals surface area contributed by atoms with E-state index in [9.17, 15) is 9.18 Å². The minimum Gasteiger partial charge on any atom is -0.381 e. The zero-order valence-corrected chi connectivity index (χ0v) is 12.0. The van der Waals surface area contributed by atoms with Gasteiger partial charge in [0.05, 0.1) is 5.41 Å². The van der Waals surface area contributed by atoms with Crippen LogP contribution in [0.5, 0.6) is 0 Å². The highest BCUT2D eigenvalue weighted by molar-refractivity contribution is 5.88. The Bertz CT molecular complexity index is 509. The fourth-order valence-electron chi connectivity index (χ4n) is 3.25. The molecule has 1 amide bonds. The Labute approximate surface area is 124 Å². The average molecular weight is 292 g/mol. The van der Waals surface area contributed by atoms with Crippen molar-refractivity contribution >= 4 is 5.91 Å². The van der Waals surface area contributed by atoms with Crippen molar-refractivity contribution in [1.82, 2.24) is 10.6 Å². The van der Waals surface area contributed by atoms with Crippen LogP contribution in [0.1, 0.15) is 24.8 Å². The largest absolute Gasteiger partial charge is 0.381 e. The molecule has 1 aromatic rings. The standard InChI is InChI=1S/C16H21FN2O2/c17-13-3-1-2-12(10-13)16(5-8-21-9-6-16)15(20)19-14-4-7-18-11-14/h1-3,10,14,18H,4-9,11H2,(H,19,20). The lowest BCUT2D eigenvalue weighted by molar-refractivity contribution is -0.131. The van der Waals surface area contributed by atoms with E-state index < -0.39 is 5.41 Å². The van der Waals surface area contributed by atoms with Gasteiger partial charge in [0.15, 0.2) is 0 Å². The molecule has 0 aliphatic carbocycles. The quantitative estimate of drug-likeness (QED) is 0.884. The fourth-order valence-corrected chi connectivity index (χ4v) is 3.25. The Morgan fingerprint density at radius 2 is 2.19 bits per heavy atom. The highest BCUT2D eigenvalue weighted by Gasteiger charge is 2.42. The smallest absolute Gasteiger partial charge is 0.231 e. The highest BCUT2D eigenvalue weighted by atomic mass is 19.1. The summed E-state index contributed by atoms with van der Waals surface area (Å²) in [5.74, 6) is -0.293. The monoisotopic (exact) mass is 292 g/mol. The van der Waals surface area contributed by atoms with Gasteiger partial charge in [-0.05, 0) is 43.5 Å². The summed E-state index contributed by atoms with van der Waals surface area (Å²) in [6.07, 6.45) is 2.15. The molecule has 3 rings (SSSR count). The second kappa shape index (κ2) is 6.12. The Morgan fingerprint density at radius 3 is 2.86 bits per heavy atom. The maximum Gasteiger partial charge on any atom is 0.231 e. The van der Waals surface area contributed by atoms with Gasteiger partial charge in [-0.1, -0.05) is 12.1 Å². The van der Waals surface area contributed by atoms with E-state index in [2.05, 4.69) is 10.6 Å². The maximum absolute atomic E-state index is 13.6. The van der Waals surface area contributed by atoms with Gasteiger partial charge >= 0.3 is 0 Å². The molecular formula is C16H21FN2O2. The van der Waals surface area contributed by atoms with Gasteiger partial charge in [-0.3, -0.25) is 4.79 Å². The van der Waals surface area contributed by atoms with E-state index in [0.717, 1.165) is 25.1 Å². The minimum atomic E-state index is -0.664. The maximum atomic E-state index is 13.6. The molecule has 2 saturated heterocycles. The summed E-state index contributed by atoms with van der Waals surface area (Å²) in [4.78, 5) is 12.9. The molecule has 0 saturated carbocycles. The van der Waals surface area contributed by atoms with Crippen molar-refractivity contribution in [3.63, 3.8) is 0 Å². The van der Waals surface area contributed by atoms with Gasteiger partial charge in [-0.25, -0.2) is 4.39 Å². The van der Waals surface area contributed by atoms with Gasteiger partial charge in [0.25, 0.3) is 0 Å². The number of carbonyl (C=O) groups excluding carboxylic acids is 1. The van der Waals surface area contributed by atoms with Crippen molar-refractivity contribution in [2.75, 3.05) is 26.3 Å². The molecule has 0 bridgehead atoms. The Morgan fingerprint density at radius 1 is 1.38 bits per heavy atom. The van der Waals surface area contributed by atoms with Gasteiger partial charge in [-0.2, -0.15) is 0 Å². The molecule has 21 heavy (non-hydrogen) atoms. The van der Waals surface area contributed by atoms with Gasteiger partial charge in [0.1, 0.15) is 5.82 Å². The molecule has 0 radical (unpaired) electrons. The Kier molecular flexibility index (Phi) is 4.22. The Hall–Kier alpha value is -1.46. The SMILES string of the molecule is O=C(NC1CCNC1)C1(c2cccc(F)c2)CCOCC1. The average Bonchev–Trinajstić information content (AvgIpc) is 3.01. The van der Waals surface area contributed by atoms with Gasteiger partial charge in [-0.15, -0.1) is 0 Å². The second-order valence-corrected chi connectivity index (χ2v) is 5.87. The van der Waals surface area contributed by atoms with Crippen LogP contribution in [0.15, 0.2) is 24.3 Å². The molecule has 2 heterocycles. The van der Waals surface area contributed by atoms with Crippen LogP contribution in [0.25, 0.3) is 0 Å². The number of halogens is 1. The van der Waals surface area contributed by atoms with Crippen molar-refractivity contribution in [2.24, 2.45) is 0 Å². The molecule has 1 atom stereocenters. The molecular weight excluding hydrogens is 271 g/mol. The molecule has 5 heteroatoms. The molecule has 1 unspecified atom stereocenters. The third-order valence-electron chi connectivity index (χ3n) is 4.55. The number of carbonyl (C=O) groups is 1. The predicted octanol–water partition coefficient (Wildman–Crippen LogP) is 1.35. The topological polar surface area (TPSA) is 50.4 Å². The lowest BCUT2D eigenvalue weighted by atomic mass is 9.73. The predicted molar refractivity (Wildman–Crippen MR) is 77.5 cm³/mol. The second-order valence-electron chi connectivity index (χ2n) is 5.87. The number of benzene rings is 1. The summed E-state index contributed by atoms with van der Waals surface area (Å²) in [5.41, 5.74) is 0.0948. The molecule has 2 aliphatic heterocycles. The van der Waals surface area contributed by atoms with Crippen LogP contribution >= 0.6 is 0 Å². The van der Waals surface area contributed by atoms with Crippen LogP contribution in [-0.4, -0.2) is 38.3 Å². The first-order chi connectivity index (χ1) is 10.2. The molecule has 2 aliphatic rings. The lowest BCUT2D eigenvalue weighted by Crippen LogP contribution is -2.51. The summed E-state index contributed by atoms with van der Waals surface area (Å²) < 4.78 is 19.0. The Balaban J connectivity index is 1.86. The fraction of sp³-hybridized carbons (Fsp3) is 0.562. The van der Waals surface area contributed by atoms with Gasteiger partial charge < -0.3 is 15.4 Å². The zero-order chi connectivity index (χ0) is 14.7. The number of nitrogens with one attached hydrogen (secondary N) is 2. The van der Waals surface area contributed by atoms with E-state index >= 15 is 0 Å². The molecule has 4 nitrogen and oxygen atoms in total. The minimum absolute atomic E-state index is 0.00472. The summed E-state index contributed by atoms with van der Waals surface area (Å²) in [6.45, 7) is 2.81. The normalized spacial score (nSPS) is 24.7. The lowest BCUT2D eigenvalue weighted by Gasteiger charge is -2.37. The van der Waals surface area contributed by atoms with Crippen molar-refractivity contribution in [1.29, 1.82) is 0 Å². The van der Waals surface area contributed by atoms with Gasteiger partial charge in [0.2, 0.25) is 5.91 Å². The van der Waals surface area contributed by atoms with E-state index in [1.165, 1.54) is 12.1 Å². The zero-order valence-electron chi connectivity index (χ0n) is 12.0. The van der Waals surface area contributed by atoms with E-state index in [1.807, 2.05) is 6.07 Å². The summed E-state index contributed by atoms with van der Waals surface area (Å²) in [5, 5.41) is 6.37. The molecule has 1 aromatic carbocycles. The molecule has 2 fully saturated rings. The highest BCUT2D eigenvalue weighted by Crippen LogP contribution is 2.35. The first kappa shape index (κ1) is 14.5. The third-order valence-corrected chi connectivity index (χ3v) is 4.55. The number of hydrogen-bond donors (Lipinski definition) is 2. The molecule has 0 aromatic heterocycles. The van der Waals surface area contributed by atoms with Crippen molar-refractivity contribution in [2.45, 2.75) is 30.7 Å². The number of ether oxygens (including phenoxy) is 1. The van der Waals surface area contributed by atoms with E-state index in [1.54, 1.807) is 6.07 Å². The van der Waals surface area contributed by atoms with Crippen LogP contribution < -0.4 is 10.6 Å². The third kappa shape index (κ3) is 2.94. The van der Waals surface area contributed by atoms with Crippen LogP contribution in [0, 0.1) is 5.82 Å². The molecule has 0 spiro atoms. The molecule has 114 valence electrons. The van der Waals surface area contributed by atoms with Crippen LogP contribution in [0.2, 0.25) is 0 Å². The summed E-state index contributed by atoms with van der Waals surface area (Å²) in [7, 11) is 0. The van der Waals surface area contributed by atoms with E-state index in [4.69, 9.17) is 4.74 Å². The van der Waals surface area contributed by atoms with Crippen LogP contribution in [-0.2, 0) is 14.9 Å². The first-order valence-electron chi connectivity index (χ1n) is 7.56.